The van der Waals surface area contributed by atoms with Crippen molar-refractivity contribution in [2.75, 3.05) is 0 Å². The van der Waals surface area contributed by atoms with Gasteiger partial charge in [0.1, 0.15) is 0 Å². The molecule has 0 aliphatic heterocycles. The molecule has 3 unspecified atom stereocenters. The summed E-state index contributed by atoms with van der Waals surface area (Å²) in [7, 11) is 0. The van der Waals surface area contributed by atoms with Crippen molar-refractivity contribution in [1.82, 2.24) is 5.32 Å². The van der Waals surface area contributed by atoms with Crippen LogP contribution >= 0.6 is 11.3 Å². The lowest BCUT2D eigenvalue weighted by Gasteiger charge is -2.39. The molecule has 4 heteroatoms. The number of carbonyl (C=O) groups is 1. The molecule has 0 spiro atoms. The fourth-order valence-electron chi connectivity index (χ4n) is 4.32. The fraction of sp³-hybridized carbons (Fsp3) is 0.688. The second-order valence-corrected chi connectivity index (χ2v) is 8.15. The van der Waals surface area contributed by atoms with Crippen molar-refractivity contribution in [2.45, 2.75) is 52.6 Å². The van der Waals surface area contributed by atoms with E-state index >= 15 is 0 Å². The number of hydrogen-bond acceptors (Lipinski definition) is 3. The van der Waals surface area contributed by atoms with E-state index in [1.54, 1.807) is 11.4 Å². The van der Waals surface area contributed by atoms with Crippen LogP contribution in [0.4, 0.5) is 0 Å². The molecule has 2 aliphatic rings. The highest BCUT2D eigenvalue weighted by molar-refractivity contribution is 7.10. The first-order chi connectivity index (χ1) is 9.34. The van der Waals surface area contributed by atoms with Gasteiger partial charge >= 0.3 is 5.97 Å². The second-order valence-electron chi connectivity index (χ2n) is 7.15. The molecule has 2 fully saturated rings. The van der Waals surface area contributed by atoms with E-state index in [0.717, 1.165) is 17.3 Å². The predicted octanol–water partition coefficient (Wildman–Crippen LogP) is 3.75. The Morgan fingerprint density at radius 3 is 2.75 bits per heavy atom. The zero-order chi connectivity index (χ0) is 14.5. The molecule has 0 aromatic carbocycles. The molecule has 0 saturated heterocycles. The summed E-state index contributed by atoms with van der Waals surface area (Å²) in [6.07, 6.45) is 3.94. The van der Waals surface area contributed by atoms with Gasteiger partial charge in [0.15, 0.2) is 0 Å². The molecule has 2 bridgehead atoms. The third-order valence-electron chi connectivity index (χ3n) is 6.22. The van der Waals surface area contributed by atoms with E-state index in [4.69, 9.17) is 5.11 Å². The molecule has 2 N–H and O–H groups in total. The van der Waals surface area contributed by atoms with Crippen LogP contribution in [0.5, 0.6) is 0 Å². The third-order valence-corrected chi connectivity index (χ3v) is 7.15. The Hall–Kier alpha value is -0.870. The van der Waals surface area contributed by atoms with E-state index in [1.165, 1.54) is 30.6 Å². The molecule has 1 aromatic rings. The van der Waals surface area contributed by atoms with Crippen LogP contribution in [0.15, 0.2) is 11.4 Å². The quantitative estimate of drug-likeness (QED) is 0.889. The fourth-order valence-corrected chi connectivity index (χ4v) is 5.13. The highest BCUT2D eigenvalue weighted by atomic mass is 32.1. The molecule has 110 valence electrons. The van der Waals surface area contributed by atoms with Gasteiger partial charge in [-0.05, 0) is 42.1 Å². The summed E-state index contributed by atoms with van der Waals surface area (Å²) in [5.41, 5.74) is 1.21. The summed E-state index contributed by atoms with van der Waals surface area (Å²) in [6, 6.07) is 2.35. The SMILES string of the molecule is CC1(C)C2CCC1(C)C(NCc1cc(C(=O)O)cs1)C2. The van der Waals surface area contributed by atoms with Gasteiger partial charge < -0.3 is 10.4 Å². The van der Waals surface area contributed by atoms with Crippen molar-refractivity contribution >= 4 is 17.3 Å². The normalized spacial score (nSPS) is 34.5. The van der Waals surface area contributed by atoms with Gasteiger partial charge in [0.25, 0.3) is 0 Å². The molecule has 3 atom stereocenters. The Labute approximate surface area is 124 Å². The Morgan fingerprint density at radius 2 is 2.25 bits per heavy atom. The number of carboxylic acid groups (broad SMARTS) is 1. The minimum absolute atomic E-state index is 0.380. The molecule has 2 saturated carbocycles. The molecule has 0 radical (unpaired) electrons. The Morgan fingerprint density at radius 1 is 1.50 bits per heavy atom. The van der Waals surface area contributed by atoms with E-state index in [1.807, 2.05) is 0 Å². The molecule has 1 heterocycles. The van der Waals surface area contributed by atoms with Crippen LogP contribution in [0.2, 0.25) is 0 Å². The molecule has 1 aromatic heterocycles. The van der Waals surface area contributed by atoms with E-state index < -0.39 is 5.97 Å². The van der Waals surface area contributed by atoms with E-state index in [2.05, 4.69) is 26.1 Å². The van der Waals surface area contributed by atoms with E-state index in [9.17, 15) is 4.79 Å². The molecule has 3 rings (SSSR count). The minimum Gasteiger partial charge on any atom is -0.478 e. The average molecular weight is 293 g/mol. The van der Waals surface area contributed by atoms with Crippen LogP contribution in [-0.4, -0.2) is 17.1 Å². The molecule has 20 heavy (non-hydrogen) atoms. The molecule has 0 amide bonds. The monoisotopic (exact) mass is 293 g/mol. The summed E-state index contributed by atoms with van der Waals surface area (Å²) in [4.78, 5) is 12.0. The topological polar surface area (TPSA) is 49.3 Å². The maximum Gasteiger partial charge on any atom is 0.336 e. The molecule has 3 nitrogen and oxygen atoms in total. The van der Waals surface area contributed by atoms with Gasteiger partial charge in [-0.1, -0.05) is 20.8 Å². The minimum atomic E-state index is -0.833. The maximum absolute atomic E-state index is 10.9. The molecular formula is C16H23NO2S. The van der Waals surface area contributed by atoms with Gasteiger partial charge in [-0.25, -0.2) is 4.79 Å². The Kier molecular flexibility index (Phi) is 3.22. The van der Waals surface area contributed by atoms with E-state index in [-0.39, 0.29) is 0 Å². The number of nitrogens with one attached hydrogen (secondary N) is 1. The van der Waals surface area contributed by atoms with Gasteiger partial charge in [-0.2, -0.15) is 0 Å². The number of hydrogen-bond donors (Lipinski definition) is 2. The lowest BCUT2D eigenvalue weighted by molar-refractivity contribution is 0.0697. The first-order valence-electron chi connectivity index (χ1n) is 7.39. The van der Waals surface area contributed by atoms with Crippen LogP contribution in [0.3, 0.4) is 0 Å². The van der Waals surface area contributed by atoms with Crippen molar-refractivity contribution in [3.63, 3.8) is 0 Å². The number of thiophene rings is 1. The zero-order valence-corrected chi connectivity index (χ0v) is 13.2. The van der Waals surface area contributed by atoms with Crippen molar-refractivity contribution in [3.05, 3.63) is 21.9 Å². The van der Waals surface area contributed by atoms with Crippen molar-refractivity contribution in [1.29, 1.82) is 0 Å². The summed E-state index contributed by atoms with van der Waals surface area (Å²) < 4.78 is 0. The second kappa shape index (κ2) is 4.57. The van der Waals surface area contributed by atoms with Crippen LogP contribution in [0.25, 0.3) is 0 Å². The average Bonchev–Trinajstić information content (AvgIpc) is 2.98. The highest BCUT2D eigenvalue weighted by Crippen LogP contribution is 2.65. The maximum atomic E-state index is 10.9. The number of aromatic carboxylic acids is 1. The highest BCUT2D eigenvalue weighted by Gasteiger charge is 2.60. The number of fused-ring (bicyclic) bond motifs is 2. The third kappa shape index (κ3) is 1.92. The largest absolute Gasteiger partial charge is 0.478 e. The van der Waals surface area contributed by atoms with Crippen LogP contribution in [0, 0.1) is 16.7 Å². The standard InChI is InChI=1S/C16H23NO2S/c1-15(2)11-4-5-16(15,3)13(7-11)17-8-12-6-10(9-20-12)14(18)19/h6,9,11,13,17H,4-5,7-8H2,1-3H3,(H,18,19). The Balaban J connectivity index is 1.66. The smallest absolute Gasteiger partial charge is 0.336 e. The first-order valence-corrected chi connectivity index (χ1v) is 8.26. The van der Waals surface area contributed by atoms with Gasteiger partial charge in [0, 0.05) is 22.8 Å². The summed E-state index contributed by atoms with van der Waals surface area (Å²) in [6.45, 7) is 8.05. The summed E-state index contributed by atoms with van der Waals surface area (Å²) in [5.74, 6) is 0.00318. The van der Waals surface area contributed by atoms with Crippen LogP contribution in [-0.2, 0) is 6.54 Å². The van der Waals surface area contributed by atoms with Crippen molar-refractivity contribution in [2.24, 2.45) is 16.7 Å². The van der Waals surface area contributed by atoms with E-state index in [0.29, 0.717) is 22.4 Å². The molecular weight excluding hydrogens is 270 g/mol. The lowest BCUT2D eigenvalue weighted by Crippen LogP contribution is -2.44. The van der Waals surface area contributed by atoms with Crippen molar-refractivity contribution < 1.29 is 9.90 Å². The first kappa shape index (κ1) is 14.1. The number of carboxylic acids is 1. The lowest BCUT2D eigenvalue weighted by atomic mass is 9.69. The van der Waals surface area contributed by atoms with Gasteiger partial charge in [0.2, 0.25) is 0 Å². The summed E-state index contributed by atoms with van der Waals surface area (Å²) in [5, 5.41) is 14.4. The van der Waals surface area contributed by atoms with Crippen LogP contribution < -0.4 is 5.32 Å². The Bertz CT molecular complexity index is 536. The van der Waals surface area contributed by atoms with Gasteiger partial charge in [-0.3, -0.25) is 0 Å². The van der Waals surface area contributed by atoms with Gasteiger partial charge in [-0.15, -0.1) is 11.3 Å². The summed E-state index contributed by atoms with van der Waals surface area (Å²) >= 11 is 1.54. The zero-order valence-electron chi connectivity index (χ0n) is 12.4. The predicted molar refractivity (Wildman–Crippen MR) is 81.1 cm³/mol. The van der Waals surface area contributed by atoms with Crippen LogP contribution in [0.1, 0.15) is 55.3 Å². The van der Waals surface area contributed by atoms with Crippen molar-refractivity contribution in [3.8, 4) is 0 Å². The number of rotatable bonds is 4. The van der Waals surface area contributed by atoms with Gasteiger partial charge in [0.05, 0.1) is 5.56 Å². The molecule has 2 aliphatic carbocycles.